The number of aliphatic hydroxyl groups is 1. The largest absolute Gasteiger partial charge is 0.508 e. The summed E-state index contributed by atoms with van der Waals surface area (Å²) in [5, 5.41) is 23.9. The Hall–Kier alpha value is -2.59. The average Bonchev–Trinajstić information content (AvgIpc) is 3.13. The fraction of sp³-hybridized carbons (Fsp3) is 0.294. The molecule has 3 N–H and O–H groups in total. The number of thiophene rings is 1. The molecule has 1 aromatic heterocycles. The Bertz CT molecular complexity index is 854. The van der Waals surface area contributed by atoms with E-state index in [-0.39, 0.29) is 21.1 Å². The van der Waals surface area contributed by atoms with Crippen LogP contribution in [0.5, 0.6) is 5.75 Å². The van der Waals surface area contributed by atoms with E-state index in [0.717, 1.165) is 18.4 Å². The summed E-state index contributed by atoms with van der Waals surface area (Å²) in [6.45, 7) is 0. The van der Waals surface area contributed by atoms with Gasteiger partial charge in [-0.25, -0.2) is 4.79 Å². The number of carbonyl (C=O) groups excluding carboxylic acids is 2. The van der Waals surface area contributed by atoms with Gasteiger partial charge in [-0.15, -0.1) is 11.3 Å². The van der Waals surface area contributed by atoms with Gasteiger partial charge in [0.15, 0.2) is 5.78 Å². The Labute approximate surface area is 155 Å². The molecule has 2 amide bonds. The smallest absolute Gasteiger partial charge is 0.437 e. The van der Waals surface area contributed by atoms with Crippen molar-refractivity contribution >= 4 is 23.2 Å². The second-order valence-corrected chi connectivity index (χ2v) is 7.07. The minimum atomic E-state index is -5.29. The Morgan fingerprint density at radius 2 is 1.89 bits per heavy atom. The number of benzene rings is 1. The van der Waals surface area contributed by atoms with E-state index in [0.29, 0.717) is 0 Å². The monoisotopic (exact) mass is 400 g/mol. The van der Waals surface area contributed by atoms with Crippen LogP contribution in [0.15, 0.2) is 41.8 Å². The fourth-order valence-corrected chi connectivity index (χ4v) is 3.84. The maximum Gasteiger partial charge on any atom is 0.437 e. The summed E-state index contributed by atoms with van der Waals surface area (Å²) in [4.78, 5) is 25.2. The van der Waals surface area contributed by atoms with Crippen molar-refractivity contribution in [2.24, 2.45) is 5.92 Å². The molecule has 1 fully saturated rings. The maximum absolute atomic E-state index is 13.9. The van der Waals surface area contributed by atoms with E-state index >= 15 is 0 Å². The zero-order chi connectivity index (χ0) is 20.0. The molecule has 1 aliphatic rings. The van der Waals surface area contributed by atoms with Gasteiger partial charge in [-0.05, 0) is 29.1 Å². The van der Waals surface area contributed by atoms with E-state index in [1.807, 2.05) is 0 Å². The van der Waals surface area contributed by atoms with Crippen LogP contribution in [0.3, 0.4) is 0 Å². The van der Waals surface area contributed by atoms with Crippen molar-refractivity contribution in [3.63, 3.8) is 0 Å². The average molecular weight is 400 g/mol. The summed E-state index contributed by atoms with van der Waals surface area (Å²) < 4.78 is 41.7. The molecule has 3 atom stereocenters. The lowest BCUT2D eigenvalue weighted by Gasteiger charge is -2.49. The number of alkyl halides is 3. The summed E-state index contributed by atoms with van der Waals surface area (Å²) in [5.74, 6) is -3.14. The van der Waals surface area contributed by atoms with Gasteiger partial charge in [0.05, 0.1) is 10.9 Å². The molecule has 1 aromatic carbocycles. The highest BCUT2D eigenvalue weighted by atomic mass is 32.1. The molecule has 0 spiro atoms. The standard InChI is InChI=1S/C17H15F3N2O4S/c1-22-15(25)21-13(9-4-6-10(23)7-5-9)12(16(22,26)17(18,19)20)14(24)11-3-2-8-27-11/h2-8,12-13,23,26H,1H3,(H,21,25)/t12-,13+,16+/m1/s1. The topological polar surface area (TPSA) is 89.9 Å². The number of nitrogens with one attached hydrogen (secondary N) is 1. The first-order chi connectivity index (χ1) is 12.6. The van der Waals surface area contributed by atoms with E-state index in [1.54, 1.807) is 0 Å². The van der Waals surface area contributed by atoms with Crippen molar-refractivity contribution in [1.82, 2.24) is 10.2 Å². The predicted octanol–water partition coefficient (Wildman–Crippen LogP) is 2.90. The lowest BCUT2D eigenvalue weighted by molar-refractivity contribution is -0.322. The van der Waals surface area contributed by atoms with Crippen molar-refractivity contribution in [3.05, 3.63) is 52.2 Å². The number of carbonyl (C=O) groups is 2. The number of aromatic hydroxyl groups is 1. The number of Topliss-reactive ketones (excluding diaryl/α,β-unsaturated/α-hetero) is 1. The van der Waals surface area contributed by atoms with E-state index in [2.05, 4.69) is 5.32 Å². The number of phenols is 1. The van der Waals surface area contributed by atoms with E-state index in [1.165, 1.54) is 41.8 Å². The first-order valence-corrected chi connectivity index (χ1v) is 8.65. The van der Waals surface area contributed by atoms with Gasteiger partial charge in [0.1, 0.15) is 11.7 Å². The molecular weight excluding hydrogens is 385 g/mol. The van der Waals surface area contributed by atoms with Gasteiger partial charge in [-0.2, -0.15) is 13.2 Å². The van der Waals surface area contributed by atoms with Gasteiger partial charge in [0.25, 0.3) is 5.72 Å². The lowest BCUT2D eigenvalue weighted by Crippen LogP contribution is -2.72. The third-order valence-corrected chi connectivity index (χ3v) is 5.46. The normalized spacial score (nSPS) is 26.0. The van der Waals surface area contributed by atoms with Gasteiger partial charge in [0.2, 0.25) is 0 Å². The predicted molar refractivity (Wildman–Crippen MR) is 90.3 cm³/mol. The second kappa shape index (κ2) is 6.54. The zero-order valence-corrected chi connectivity index (χ0v) is 14.7. The van der Waals surface area contributed by atoms with Crippen LogP contribution in [0.2, 0.25) is 0 Å². The molecule has 2 heterocycles. The number of hydrogen-bond acceptors (Lipinski definition) is 5. The Balaban J connectivity index is 2.19. The SMILES string of the molecule is CN1C(=O)N[C@@H](c2ccc(O)cc2)[C@H](C(=O)c2cccs2)[C@]1(O)C(F)(F)F. The Kier molecular flexibility index (Phi) is 4.64. The molecule has 1 saturated heterocycles. The summed E-state index contributed by atoms with van der Waals surface area (Å²) in [6.07, 6.45) is -5.29. The highest BCUT2D eigenvalue weighted by Gasteiger charge is 2.69. The van der Waals surface area contributed by atoms with Gasteiger partial charge in [-0.3, -0.25) is 9.69 Å². The molecule has 1 aliphatic heterocycles. The molecule has 0 radical (unpaired) electrons. The van der Waals surface area contributed by atoms with Crippen LogP contribution in [-0.2, 0) is 0 Å². The van der Waals surface area contributed by atoms with Crippen molar-refractivity contribution in [2.45, 2.75) is 17.9 Å². The van der Waals surface area contributed by atoms with Crippen LogP contribution in [0.1, 0.15) is 21.3 Å². The number of hydrogen-bond donors (Lipinski definition) is 3. The molecule has 27 heavy (non-hydrogen) atoms. The molecule has 6 nitrogen and oxygen atoms in total. The maximum atomic E-state index is 13.9. The molecular formula is C17H15F3N2O4S. The number of rotatable bonds is 3. The lowest BCUT2D eigenvalue weighted by atomic mass is 9.78. The summed E-state index contributed by atoms with van der Waals surface area (Å²) >= 11 is 0.939. The van der Waals surface area contributed by atoms with Crippen LogP contribution in [-0.4, -0.2) is 45.9 Å². The third kappa shape index (κ3) is 3.04. The first-order valence-electron chi connectivity index (χ1n) is 7.77. The third-order valence-electron chi connectivity index (χ3n) is 4.58. The molecule has 0 aliphatic carbocycles. The molecule has 0 saturated carbocycles. The second-order valence-electron chi connectivity index (χ2n) is 6.12. The van der Waals surface area contributed by atoms with Gasteiger partial charge >= 0.3 is 12.2 Å². The number of halogens is 3. The van der Waals surface area contributed by atoms with Crippen LogP contribution in [0, 0.1) is 5.92 Å². The number of ketones is 1. The number of urea groups is 1. The number of nitrogens with zero attached hydrogens (tertiary/aromatic N) is 1. The van der Waals surface area contributed by atoms with Crippen molar-refractivity contribution < 1.29 is 33.0 Å². The quantitative estimate of drug-likeness (QED) is 0.691. The number of amides is 2. The molecule has 10 heteroatoms. The number of phenolic OH excluding ortho intramolecular Hbond substituents is 1. The summed E-state index contributed by atoms with van der Waals surface area (Å²) in [5.41, 5.74) is -3.56. The zero-order valence-electron chi connectivity index (χ0n) is 13.9. The minimum Gasteiger partial charge on any atom is -0.508 e. The van der Waals surface area contributed by atoms with E-state index in [9.17, 15) is 33.0 Å². The van der Waals surface area contributed by atoms with Gasteiger partial charge in [-0.1, -0.05) is 18.2 Å². The highest BCUT2D eigenvalue weighted by Crippen LogP contribution is 2.47. The van der Waals surface area contributed by atoms with Crippen LogP contribution >= 0.6 is 11.3 Å². The first kappa shape index (κ1) is 19.2. The van der Waals surface area contributed by atoms with Crippen LogP contribution in [0.25, 0.3) is 0 Å². The molecule has 2 aromatic rings. The molecule has 0 bridgehead atoms. The van der Waals surface area contributed by atoms with Crippen LogP contribution in [0.4, 0.5) is 18.0 Å². The Morgan fingerprint density at radius 1 is 1.26 bits per heavy atom. The fourth-order valence-electron chi connectivity index (χ4n) is 3.14. The van der Waals surface area contributed by atoms with Crippen molar-refractivity contribution in [2.75, 3.05) is 7.05 Å². The molecule has 0 unspecified atom stereocenters. The van der Waals surface area contributed by atoms with Crippen LogP contribution < -0.4 is 5.32 Å². The van der Waals surface area contributed by atoms with E-state index < -0.39 is 35.7 Å². The Morgan fingerprint density at radius 3 is 2.41 bits per heavy atom. The van der Waals surface area contributed by atoms with Crippen molar-refractivity contribution in [3.8, 4) is 5.75 Å². The molecule has 144 valence electrons. The van der Waals surface area contributed by atoms with E-state index in [4.69, 9.17) is 0 Å². The summed E-state index contributed by atoms with van der Waals surface area (Å²) in [7, 11) is 0.782. The van der Waals surface area contributed by atoms with Crippen molar-refractivity contribution in [1.29, 1.82) is 0 Å². The van der Waals surface area contributed by atoms with Gasteiger partial charge in [0, 0.05) is 7.05 Å². The highest BCUT2D eigenvalue weighted by molar-refractivity contribution is 7.12. The minimum absolute atomic E-state index is 0.0241. The van der Waals surface area contributed by atoms with Gasteiger partial charge < -0.3 is 15.5 Å². The molecule has 3 rings (SSSR count). The summed E-state index contributed by atoms with van der Waals surface area (Å²) in [6, 6.07) is 5.25.